The number of hydrogen-bond donors (Lipinski definition) is 2. The van der Waals surface area contributed by atoms with E-state index in [0.717, 1.165) is 12.3 Å². The molecule has 0 spiro atoms. The number of rotatable bonds is 4. The molecule has 1 fully saturated rings. The lowest BCUT2D eigenvalue weighted by Crippen LogP contribution is -2.52. The number of carbonyl (C=O) groups is 4. The number of alkyl halides is 3. The zero-order valence-corrected chi connectivity index (χ0v) is 18.6. The molecule has 1 saturated heterocycles. The molecule has 0 bridgehead atoms. The normalized spacial score (nSPS) is 19.0. The van der Waals surface area contributed by atoms with E-state index in [0.29, 0.717) is 5.56 Å². The Morgan fingerprint density at radius 3 is 2.59 bits per heavy atom. The zero-order chi connectivity index (χ0) is 24.8. The van der Waals surface area contributed by atoms with Crippen molar-refractivity contribution in [1.82, 2.24) is 20.5 Å². The molecular weight excluding hydrogens is 500 g/mol. The number of imide groups is 1. The van der Waals surface area contributed by atoms with Gasteiger partial charge in [0.05, 0.1) is 15.7 Å². The van der Waals surface area contributed by atoms with Crippen LogP contribution in [0.4, 0.5) is 13.2 Å². The lowest BCUT2D eigenvalue weighted by Gasteiger charge is -2.29. The van der Waals surface area contributed by atoms with Crippen LogP contribution in [0.2, 0.25) is 10.0 Å². The molecule has 0 radical (unpaired) electrons. The number of hydrogen-bond acceptors (Lipinski definition) is 5. The molecule has 4 amide bonds. The van der Waals surface area contributed by atoms with Crippen LogP contribution < -0.4 is 10.6 Å². The number of piperidine rings is 1. The van der Waals surface area contributed by atoms with Crippen LogP contribution in [0.25, 0.3) is 0 Å². The van der Waals surface area contributed by atoms with Crippen LogP contribution in [0.5, 0.6) is 0 Å². The van der Waals surface area contributed by atoms with E-state index in [1.165, 1.54) is 23.1 Å². The number of aromatic nitrogens is 1. The van der Waals surface area contributed by atoms with Crippen LogP contribution in [0, 0.1) is 0 Å². The predicted molar refractivity (Wildman–Crippen MR) is 113 cm³/mol. The van der Waals surface area contributed by atoms with Crippen molar-refractivity contribution >= 4 is 46.8 Å². The third-order valence-corrected chi connectivity index (χ3v) is 6.01. The first-order valence-electron chi connectivity index (χ1n) is 9.92. The van der Waals surface area contributed by atoms with Gasteiger partial charge < -0.3 is 10.2 Å². The van der Waals surface area contributed by atoms with Crippen molar-refractivity contribution in [2.45, 2.75) is 37.6 Å². The van der Waals surface area contributed by atoms with Crippen LogP contribution in [0.15, 0.2) is 30.5 Å². The molecule has 178 valence electrons. The predicted octanol–water partition coefficient (Wildman–Crippen LogP) is 3.18. The molecule has 2 aromatic rings. The van der Waals surface area contributed by atoms with E-state index in [4.69, 9.17) is 23.2 Å². The summed E-state index contributed by atoms with van der Waals surface area (Å²) in [5.74, 6) is -2.57. The highest BCUT2D eigenvalue weighted by Gasteiger charge is 2.44. The lowest BCUT2D eigenvalue weighted by atomic mass is 10.0. The van der Waals surface area contributed by atoms with Crippen LogP contribution in [0.1, 0.15) is 50.9 Å². The molecule has 2 aliphatic heterocycles. The molecule has 1 aromatic carbocycles. The van der Waals surface area contributed by atoms with Gasteiger partial charge in [0.15, 0.2) is 6.04 Å². The second kappa shape index (κ2) is 8.88. The highest BCUT2D eigenvalue weighted by molar-refractivity contribution is 6.34. The van der Waals surface area contributed by atoms with E-state index in [-0.39, 0.29) is 40.6 Å². The van der Waals surface area contributed by atoms with Crippen LogP contribution >= 0.6 is 23.2 Å². The van der Waals surface area contributed by atoms with Crippen LogP contribution in [0.3, 0.4) is 0 Å². The first kappa shape index (κ1) is 24.0. The highest BCUT2D eigenvalue weighted by Crippen LogP contribution is 2.36. The topological polar surface area (TPSA) is 108 Å². The molecule has 8 nitrogen and oxygen atoms in total. The number of amides is 4. The number of nitrogens with zero attached hydrogens (tertiary/aromatic N) is 2. The van der Waals surface area contributed by atoms with Crippen molar-refractivity contribution in [3.05, 3.63) is 62.9 Å². The Kier molecular flexibility index (Phi) is 6.26. The van der Waals surface area contributed by atoms with Crippen molar-refractivity contribution in [1.29, 1.82) is 0 Å². The molecule has 2 atom stereocenters. The standard InChI is InChI=1S/C21H15Cl2F3N4O4/c22-11-6-13(23)16(27-7-11)17(21(24,25)26)29-18(32)9-1-2-12-10(5-9)8-30(20(12)34)14-3-4-15(31)28-19(14)33/h1-2,5-7,14,17H,3-4,8H2,(H,29,32)(H,28,31,33)/t14?,17-/m1/s1. The van der Waals surface area contributed by atoms with E-state index in [1.807, 2.05) is 5.32 Å². The van der Waals surface area contributed by atoms with E-state index in [2.05, 4.69) is 10.3 Å². The van der Waals surface area contributed by atoms with Gasteiger partial charge in [-0.25, -0.2) is 0 Å². The van der Waals surface area contributed by atoms with Gasteiger partial charge in [-0.2, -0.15) is 13.2 Å². The fourth-order valence-electron chi connectivity index (χ4n) is 3.87. The molecule has 1 unspecified atom stereocenters. The molecule has 4 rings (SSSR count). The van der Waals surface area contributed by atoms with E-state index in [9.17, 15) is 32.3 Å². The summed E-state index contributed by atoms with van der Waals surface area (Å²) in [5.41, 5.74) is -0.159. The number of halogens is 5. The molecule has 13 heteroatoms. The summed E-state index contributed by atoms with van der Waals surface area (Å²) in [6, 6.07) is 1.54. The molecule has 0 aliphatic carbocycles. The van der Waals surface area contributed by atoms with Gasteiger partial charge in [0, 0.05) is 30.3 Å². The number of nitrogens with one attached hydrogen (secondary N) is 2. The van der Waals surface area contributed by atoms with Gasteiger partial charge in [-0.15, -0.1) is 0 Å². The fourth-order valence-corrected chi connectivity index (χ4v) is 4.36. The first-order chi connectivity index (χ1) is 16.0. The van der Waals surface area contributed by atoms with Crippen molar-refractivity contribution in [2.75, 3.05) is 0 Å². The minimum atomic E-state index is -4.91. The van der Waals surface area contributed by atoms with Crippen molar-refractivity contribution in [3.8, 4) is 0 Å². The molecule has 1 aromatic heterocycles. The Balaban J connectivity index is 1.56. The monoisotopic (exact) mass is 514 g/mol. The zero-order valence-electron chi connectivity index (χ0n) is 17.1. The SMILES string of the molecule is O=C1CCC(N2Cc3cc(C(=O)N[C@H](c4ncc(Cl)cc4Cl)C(F)(F)F)ccc3C2=O)C(=O)N1. The summed E-state index contributed by atoms with van der Waals surface area (Å²) in [6.07, 6.45) is -3.70. The van der Waals surface area contributed by atoms with E-state index in [1.54, 1.807) is 0 Å². The summed E-state index contributed by atoms with van der Waals surface area (Å²) >= 11 is 11.6. The average Bonchev–Trinajstić information content (AvgIpc) is 3.07. The maximum atomic E-state index is 13.7. The van der Waals surface area contributed by atoms with Crippen LogP contribution in [-0.2, 0) is 16.1 Å². The van der Waals surface area contributed by atoms with E-state index < -0.39 is 47.6 Å². The van der Waals surface area contributed by atoms with Gasteiger partial charge in [0.1, 0.15) is 6.04 Å². The van der Waals surface area contributed by atoms with E-state index >= 15 is 0 Å². The Morgan fingerprint density at radius 1 is 1.21 bits per heavy atom. The second-order valence-electron chi connectivity index (χ2n) is 7.74. The average molecular weight is 515 g/mol. The Hall–Kier alpha value is -3.18. The maximum absolute atomic E-state index is 13.7. The van der Waals surface area contributed by atoms with Gasteiger partial charge in [-0.3, -0.25) is 29.5 Å². The molecular formula is C21H15Cl2F3N4O4. The third-order valence-electron chi connectivity index (χ3n) is 5.50. The maximum Gasteiger partial charge on any atom is 0.414 e. The van der Waals surface area contributed by atoms with Crippen molar-refractivity contribution < 1.29 is 32.3 Å². The number of fused-ring (bicyclic) bond motifs is 1. The smallest absolute Gasteiger partial charge is 0.335 e. The number of carbonyl (C=O) groups excluding carboxylic acids is 4. The summed E-state index contributed by atoms with van der Waals surface area (Å²) in [5, 5.41) is 3.73. The number of benzene rings is 1. The van der Waals surface area contributed by atoms with Gasteiger partial charge in [-0.1, -0.05) is 23.2 Å². The molecule has 2 N–H and O–H groups in total. The summed E-state index contributed by atoms with van der Waals surface area (Å²) in [6.45, 7) is -0.0329. The van der Waals surface area contributed by atoms with Gasteiger partial charge in [-0.05, 0) is 36.2 Å². The molecule has 0 saturated carbocycles. The minimum Gasteiger partial charge on any atom is -0.335 e. The fraction of sp³-hybridized carbons (Fsp3) is 0.286. The summed E-state index contributed by atoms with van der Waals surface area (Å²) < 4.78 is 41.1. The first-order valence-corrected chi connectivity index (χ1v) is 10.7. The third kappa shape index (κ3) is 4.58. The lowest BCUT2D eigenvalue weighted by molar-refractivity contribution is -0.156. The Bertz CT molecular complexity index is 1220. The minimum absolute atomic E-state index is 0.0323. The Morgan fingerprint density at radius 2 is 1.94 bits per heavy atom. The second-order valence-corrected chi connectivity index (χ2v) is 8.58. The molecule has 3 heterocycles. The van der Waals surface area contributed by atoms with Crippen LogP contribution in [-0.4, -0.2) is 45.7 Å². The largest absolute Gasteiger partial charge is 0.414 e. The Labute approximate surface area is 200 Å². The highest BCUT2D eigenvalue weighted by atomic mass is 35.5. The molecule has 2 aliphatic rings. The van der Waals surface area contributed by atoms with Crippen molar-refractivity contribution in [2.24, 2.45) is 0 Å². The molecule has 34 heavy (non-hydrogen) atoms. The van der Waals surface area contributed by atoms with Gasteiger partial charge >= 0.3 is 6.18 Å². The van der Waals surface area contributed by atoms with Gasteiger partial charge in [0.2, 0.25) is 11.8 Å². The summed E-state index contributed by atoms with van der Waals surface area (Å²) in [4.78, 5) is 53.8. The quantitative estimate of drug-likeness (QED) is 0.609. The van der Waals surface area contributed by atoms with Crippen molar-refractivity contribution in [3.63, 3.8) is 0 Å². The van der Waals surface area contributed by atoms with Gasteiger partial charge in [0.25, 0.3) is 11.8 Å². The summed E-state index contributed by atoms with van der Waals surface area (Å²) in [7, 11) is 0. The number of pyridine rings is 1.